The molecule has 0 fully saturated rings. The van der Waals surface area contributed by atoms with E-state index in [-0.39, 0.29) is 6.61 Å². The minimum Gasteiger partial charge on any atom is -0.392 e. The Hall–Kier alpha value is -1.72. The van der Waals surface area contributed by atoms with Crippen molar-refractivity contribution in [2.75, 3.05) is 6.54 Å². The van der Waals surface area contributed by atoms with Gasteiger partial charge in [-0.1, -0.05) is 29.5 Å². The topological polar surface area (TPSA) is 77.0 Å². The third-order valence-corrected chi connectivity index (χ3v) is 3.02. The largest absolute Gasteiger partial charge is 0.392 e. The average molecular weight is 260 g/mol. The quantitative estimate of drug-likeness (QED) is 0.731. The molecule has 0 unspecified atom stereocenters. The summed E-state index contributed by atoms with van der Waals surface area (Å²) in [6, 6.07) is 7.85. The van der Waals surface area contributed by atoms with Gasteiger partial charge in [-0.05, 0) is 36.9 Å². The molecule has 0 aliphatic heterocycles. The van der Waals surface area contributed by atoms with Crippen LogP contribution >= 0.6 is 0 Å². The number of nitrogens with zero attached hydrogens (tertiary/aromatic N) is 3. The van der Waals surface area contributed by atoms with Gasteiger partial charge < -0.3 is 10.8 Å². The highest BCUT2D eigenvalue weighted by molar-refractivity contribution is 5.22. The molecule has 2 rings (SSSR count). The van der Waals surface area contributed by atoms with Crippen LogP contribution in [0.5, 0.6) is 0 Å². The SMILES string of the molecule is NCCCCc1cn(Cc2ccc(CO)cc2)nn1. The number of hydrogen-bond donors (Lipinski definition) is 2. The van der Waals surface area contributed by atoms with E-state index >= 15 is 0 Å². The van der Waals surface area contributed by atoms with E-state index in [1.54, 1.807) is 0 Å². The second kappa shape index (κ2) is 7.01. The van der Waals surface area contributed by atoms with Crippen molar-refractivity contribution in [3.63, 3.8) is 0 Å². The lowest BCUT2D eigenvalue weighted by molar-refractivity contribution is 0.282. The number of nitrogens with two attached hydrogens (primary N) is 1. The fourth-order valence-corrected chi connectivity index (χ4v) is 1.92. The summed E-state index contributed by atoms with van der Waals surface area (Å²) in [6.45, 7) is 1.51. The van der Waals surface area contributed by atoms with E-state index in [0.717, 1.165) is 42.6 Å². The first-order valence-corrected chi connectivity index (χ1v) is 6.59. The van der Waals surface area contributed by atoms with Gasteiger partial charge in [0.2, 0.25) is 0 Å². The number of hydrogen-bond acceptors (Lipinski definition) is 4. The van der Waals surface area contributed by atoms with E-state index in [9.17, 15) is 0 Å². The normalized spacial score (nSPS) is 10.8. The molecule has 0 amide bonds. The highest BCUT2D eigenvalue weighted by Gasteiger charge is 2.02. The molecule has 0 aliphatic rings. The van der Waals surface area contributed by atoms with E-state index in [1.807, 2.05) is 35.1 Å². The van der Waals surface area contributed by atoms with E-state index in [2.05, 4.69) is 10.3 Å². The van der Waals surface area contributed by atoms with Crippen LogP contribution < -0.4 is 5.73 Å². The summed E-state index contributed by atoms with van der Waals surface area (Å²) >= 11 is 0. The summed E-state index contributed by atoms with van der Waals surface area (Å²) in [5.74, 6) is 0. The summed E-state index contributed by atoms with van der Waals surface area (Å²) in [5, 5.41) is 17.3. The standard InChI is InChI=1S/C14H20N4O/c15-8-2-1-3-14-10-18(17-16-14)9-12-4-6-13(11-19)7-5-12/h4-7,10,19H,1-3,8-9,11,15H2. The smallest absolute Gasteiger partial charge is 0.0827 e. The Bertz CT molecular complexity index is 492. The predicted molar refractivity (Wildman–Crippen MR) is 73.5 cm³/mol. The lowest BCUT2D eigenvalue weighted by atomic mass is 10.1. The van der Waals surface area contributed by atoms with Crippen molar-refractivity contribution in [1.29, 1.82) is 0 Å². The molecule has 0 saturated carbocycles. The maximum atomic E-state index is 8.99. The molecule has 0 saturated heterocycles. The number of unbranched alkanes of at least 4 members (excludes halogenated alkanes) is 1. The van der Waals surface area contributed by atoms with Crippen molar-refractivity contribution in [3.8, 4) is 0 Å². The molecule has 5 nitrogen and oxygen atoms in total. The van der Waals surface area contributed by atoms with Crippen molar-refractivity contribution in [2.45, 2.75) is 32.4 Å². The van der Waals surface area contributed by atoms with Crippen LogP contribution in [-0.4, -0.2) is 26.6 Å². The number of aliphatic hydroxyl groups is 1. The van der Waals surface area contributed by atoms with Gasteiger partial charge in [0.05, 0.1) is 18.8 Å². The van der Waals surface area contributed by atoms with E-state index < -0.39 is 0 Å². The third kappa shape index (κ3) is 4.15. The van der Waals surface area contributed by atoms with Gasteiger partial charge >= 0.3 is 0 Å². The minimum atomic E-state index is 0.0783. The van der Waals surface area contributed by atoms with Gasteiger partial charge in [0.1, 0.15) is 0 Å². The average Bonchev–Trinajstić information content (AvgIpc) is 2.88. The van der Waals surface area contributed by atoms with Gasteiger partial charge in [0, 0.05) is 6.20 Å². The minimum absolute atomic E-state index is 0.0783. The number of aliphatic hydroxyl groups excluding tert-OH is 1. The molecular weight excluding hydrogens is 240 g/mol. The molecule has 0 aliphatic carbocycles. The van der Waals surface area contributed by atoms with Gasteiger partial charge in [-0.15, -0.1) is 5.10 Å². The lowest BCUT2D eigenvalue weighted by Crippen LogP contribution is -2.00. The van der Waals surface area contributed by atoms with Gasteiger partial charge in [-0.25, -0.2) is 4.68 Å². The van der Waals surface area contributed by atoms with Crippen LogP contribution in [-0.2, 0) is 19.6 Å². The summed E-state index contributed by atoms with van der Waals surface area (Å²) in [5.41, 5.74) is 8.55. The molecular formula is C14H20N4O. The van der Waals surface area contributed by atoms with Crippen LogP contribution in [0.1, 0.15) is 29.7 Å². The van der Waals surface area contributed by atoms with E-state index in [4.69, 9.17) is 10.8 Å². The Morgan fingerprint density at radius 3 is 2.53 bits per heavy atom. The zero-order valence-electron chi connectivity index (χ0n) is 11.0. The van der Waals surface area contributed by atoms with Crippen molar-refractivity contribution >= 4 is 0 Å². The lowest BCUT2D eigenvalue weighted by Gasteiger charge is -2.02. The van der Waals surface area contributed by atoms with Gasteiger partial charge in [-0.2, -0.15) is 0 Å². The molecule has 1 heterocycles. The van der Waals surface area contributed by atoms with Crippen LogP contribution in [0.4, 0.5) is 0 Å². The number of aryl methyl sites for hydroxylation is 1. The van der Waals surface area contributed by atoms with Crippen LogP contribution in [0.25, 0.3) is 0 Å². The van der Waals surface area contributed by atoms with E-state index in [0.29, 0.717) is 6.54 Å². The zero-order chi connectivity index (χ0) is 13.5. The first-order valence-electron chi connectivity index (χ1n) is 6.59. The second-order valence-electron chi connectivity index (χ2n) is 4.63. The van der Waals surface area contributed by atoms with Crippen LogP contribution in [0.3, 0.4) is 0 Å². The highest BCUT2D eigenvalue weighted by Crippen LogP contribution is 2.07. The van der Waals surface area contributed by atoms with Crippen LogP contribution in [0, 0.1) is 0 Å². The predicted octanol–water partition coefficient (Wildman–Crippen LogP) is 1.10. The zero-order valence-corrected chi connectivity index (χ0v) is 11.0. The van der Waals surface area contributed by atoms with Crippen LogP contribution in [0.15, 0.2) is 30.5 Å². The monoisotopic (exact) mass is 260 g/mol. The second-order valence-corrected chi connectivity index (χ2v) is 4.63. The molecule has 0 spiro atoms. The Morgan fingerprint density at radius 2 is 1.84 bits per heavy atom. The maximum Gasteiger partial charge on any atom is 0.0827 e. The summed E-state index contributed by atoms with van der Waals surface area (Å²) < 4.78 is 1.84. The number of rotatable bonds is 7. The highest BCUT2D eigenvalue weighted by atomic mass is 16.3. The first kappa shape index (κ1) is 13.7. The summed E-state index contributed by atoms with van der Waals surface area (Å²) in [6.07, 6.45) is 4.99. The molecule has 0 bridgehead atoms. The summed E-state index contributed by atoms with van der Waals surface area (Å²) in [7, 11) is 0. The van der Waals surface area contributed by atoms with Crippen molar-refractivity contribution in [1.82, 2.24) is 15.0 Å². The molecule has 0 atom stereocenters. The third-order valence-electron chi connectivity index (χ3n) is 3.02. The van der Waals surface area contributed by atoms with Crippen LogP contribution in [0.2, 0.25) is 0 Å². The Labute approximate surface area is 113 Å². The van der Waals surface area contributed by atoms with E-state index in [1.165, 1.54) is 0 Å². The Morgan fingerprint density at radius 1 is 1.11 bits per heavy atom. The van der Waals surface area contributed by atoms with Crippen molar-refractivity contribution < 1.29 is 5.11 Å². The van der Waals surface area contributed by atoms with Gasteiger partial charge in [0.25, 0.3) is 0 Å². The van der Waals surface area contributed by atoms with Gasteiger partial charge in [-0.3, -0.25) is 0 Å². The summed E-state index contributed by atoms with van der Waals surface area (Å²) in [4.78, 5) is 0. The number of benzene rings is 1. The first-order chi connectivity index (χ1) is 9.31. The molecule has 5 heteroatoms. The molecule has 1 aromatic carbocycles. The number of aromatic nitrogens is 3. The van der Waals surface area contributed by atoms with Crippen molar-refractivity contribution in [2.24, 2.45) is 5.73 Å². The maximum absolute atomic E-state index is 8.99. The molecule has 102 valence electrons. The Balaban J connectivity index is 1.91. The molecule has 19 heavy (non-hydrogen) atoms. The Kier molecular flexibility index (Phi) is 5.06. The molecule has 2 aromatic rings. The fraction of sp³-hybridized carbons (Fsp3) is 0.429. The molecule has 3 N–H and O–H groups in total. The molecule has 0 radical (unpaired) electrons. The molecule has 1 aromatic heterocycles. The van der Waals surface area contributed by atoms with Crippen molar-refractivity contribution in [3.05, 3.63) is 47.3 Å². The fourth-order valence-electron chi connectivity index (χ4n) is 1.92. The van der Waals surface area contributed by atoms with Gasteiger partial charge in [0.15, 0.2) is 0 Å².